The smallest absolute Gasteiger partial charge is 0.203 e. The van der Waals surface area contributed by atoms with Gasteiger partial charge in [0, 0.05) is 16.1 Å². The maximum atomic E-state index is 12.8. The molecule has 3 aromatic rings. The number of carbonyl (C=O) groups is 1. The van der Waals surface area contributed by atoms with E-state index in [1.165, 1.54) is 13.2 Å². The Hall–Kier alpha value is -3.07. The van der Waals surface area contributed by atoms with Gasteiger partial charge in [0.15, 0.2) is 0 Å². The number of ketones is 1. The van der Waals surface area contributed by atoms with Crippen molar-refractivity contribution in [2.45, 2.75) is 13.5 Å². The van der Waals surface area contributed by atoms with E-state index < -0.39 is 5.78 Å². The zero-order chi connectivity index (χ0) is 21.0. The van der Waals surface area contributed by atoms with Gasteiger partial charge in [0.05, 0.1) is 19.3 Å². The summed E-state index contributed by atoms with van der Waals surface area (Å²) in [5.74, 6) is 0.130. The maximum Gasteiger partial charge on any atom is 0.203 e. The van der Waals surface area contributed by atoms with E-state index in [9.17, 15) is 10.1 Å². The third kappa shape index (κ3) is 4.68. The predicted octanol–water partition coefficient (Wildman–Crippen LogP) is 5.35. The zero-order valence-electron chi connectivity index (χ0n) is 15.8. The van der Waals surface area contributed by atoms with Gasteiger partial charge in [-0.2, -0.15) is 10.4 Å². The van der Waals surface area contributed by atoms with Crippen LogP contribution in [0.25, 0.3) is 6.08 Å². The molecular formula is C22H17Cl2N3O2. The van der Waals surface area contributed by atoms with Crippen LogP contribution in [-0.2, 0) is 6.54 Å². The lowest BCUT2D eigenvalue weighted by molar-refractivity contribution is 0.103. The monoisotopic (exact) mass is 425 g/mol. The van der Waals surface area contributed by atoms with Crippen LogP contribution in [0.5, 0.6) is 5.75 Å². The van der Waals surface area contributed by atoms with Crippen molar-refractivity contribution in [1.82, 2.24) is 9.78 Å². The molecule has 2 aromatic carbocycles. The number of carbonyl (C=O) groups excluding carboxylic acids is 1. The largest absolute Gasteiger partial charge is 0.497 e. The quantitative estimate of drug-likeness (QED) is 0.303. The zero-order valence-corrected chi connectivity index (χ0v) is 17.3. The van der Waals surface area contributed by atoms with Crippen molar-refractivity contribution in [3.8, 4) is 11.8 Å². The number of aromatic nitrogens is 2. The number of methoxy groups -OCH3 is 1. The van der Waals surface area contributed by atoms with Crippen LogP contribution in [0, 0.1) is 18.3 Å². The topological polar surface area (TPSA) is 67.9 Å². The van der Waals surface area contributed by atoms with Crippen molar-refractivity contribution in [1.29, 1.82) is 5.26 Å². The van der Waals surface area contributed by atoms with Crippen molar-refractivity contribution in [2.75, 3.05) is 7.11 Å². The summed E-state index contributed by atoms with van der Waals surface area (Å²) in [5, 5.41) is 15.0. The van der Waals surface area contributed by atoms with Crippen LogP contribution in [0.15, 0.2) is 54.1 Å². The molecule has 3 rings (SSSR count). The van der Waals surface area contributed by atoms with Gasteiger partial charge in [-0.3, -0.25) is 4.79 Å². The van der Waals surface area contributed by atoms with Gasteiger partial charge in [0.25, 0.3) is 0 Å². The number of halogens is 2. The lowest BCUT2D eigenvalue weighted by atomic mass is 10.0. The second kappa shape index (κ2) is 8.95. The summed E-state index contributed by atoms with van der Waals surface area (Å²) in [7, 11) is 1.52. The van der Waals surface area contributed by atoms with Crippen molar-refractivity contribution in [2.24, 2.45) is 0 Å². The number of nitriles is 1. The molecule has 0 spiro atoms. The highest BCUT2D eigenvalue weighted by molar-refractivity contribution is 6.31. The van der Waals surface area contributed by atoms with E-state index in [4.69, 9.17) is 27.9 Å². The van der Waals surface area contributed by atoms with Crippen molar-refractivity contribution >= 4 is 35.1 Å². The molecule has 0 unspecified atom stereocenters. The minimum Gasteiger partial charge on any atom is -0.497 e. The molecule has 0 saturated carbocycles. The lowest BCUT2D eigenvalue weighted by Crippen LogP contribution is -2.03. The molecule has 0 radical (unpaired) electrons. The molecule has 0 N–H and O–H groups in total. The van der Waals surface area contributed by atoms with Crippen molar-refractivity contribution in [3.05, 3.63) is 86.7 Å². The van der Waals surface area contributed by atoms with Gasteiger partial charge in [-0.25, -0.2) is 4.68 Å². The summed E-state index contributed by atoms with van der Waals surface area (Å²) in [6, 6.07) is 16.0. The number of hydrogen-bond donors (Lipinski definition) is 0. The van der Waals surface area contributed by atoms with Crippen LogP contribution in [0.4, 0.5) is 0 Å². The first-order valence-electron chi connectivity index (χ1n) is 8.71. The summed E-state index contributed by atoms with van der Waals surface area (Å²) in [4.78, 5) is 12.8. The van der Waals surface area contributed by atoms with Crippen LogP contribution in [0.2, 0.25) is 10.2 Å². The normalized spacial score (nSPS) is 11.2. The lowest BCUT2D eigenvalue weighted by Gasteiger charge is -2.04. The fraction of sp³-hybridized carbons (Fsp3) is 0.136. The van der Waals surface area contributed by atoms with Crippen LogP contribution in [-0.4, -0.2) is 22.7 Å². The summed E-state index contributed by atoms with van der Waals surface area (Å²) in [6.07, 6.45) is 1.48. The number of benzene rings is 2. The third-order valence-electron chi connectivity index (χ3n) is 4.34. The van der Waals surface area contributed by atoms with Crippen LogP contribution in [0.3, 0.4) is 0 Å². The van der Waals surface area contributed by atoms with E-state index in [0.29, 0.717) is 39.3 Å². The Balaban J connectivity index is 1.93. The van der Waals surface area contributed by atoms with Gasteiger partial charge in [0.2, 0.25) is 5.78 Å². The van der Waals surface area contributed by atoms with Crippen molar-refractivity contribution in [3.63, 3.8) is 0 Å². The molecule has 0 aliphatic rings. The predicted molar refractivity (Wildman–Crippen MR) is 113 cm³/mol. The Kier molecular flexibility index (Phi) is 6.38. The first-order valence-corrected chi connectivity index (χ1v) is 9.46. The summed E-state index contributed by atoms with van der Waals surface area (Å²) in [6.45, 7) is 2.22. The second-order valence-electron chi connectivity index (χ2n) is 6.30. The fourth-order valence-electron chi connectivity index (χ4n) is 2.81. The van der Waals surface area contributed by atoms with E-state index in [-0.39, 0.29) is 5.57 Å². The Labute approximate surface area is 178 Å². The summed E-state index contributed by atoms with van der Waals surface area (Å²) in [5.41, 5.74) is 2.46. The van der Waals surface area contributed by atoms with Gasteiger partial charge >= 0.3 is 0 Å². The van der Waals surface area contributed by atoms with E-state index >= 15 is 0 Å². The van der Waals surface area contributed by atoms with Gasteiger partial charge < -0.3 is 4.74 Å². The minimum absolute atomic E-state index is 0.0331. The minimum atomic E-state index is -0.410. The standard InChI is InChI=1S/C22H17Cl2N3O2/c1-14-20(22(24)27(26-14)13-15-6-8-18(23)9-7-15)11-17(12-25)21(28)16-4-3-5-19(10-16)29-2/h3-11H,13H2,1-2H3/b17-11+. The van der Waals surface area contributed by atoms with Crippen molar-refractivity contribution < 1.29 is 9.53 Å². The Morgan fingerprint density at radius 2 is 1.97 bits per heavy atom. The van der Waals surface area contributed by atoms with Crippen LogP contribution >= 0.6 is 23.2 Å². The SMILES string of the molecule is COc1cccc(C(=O)/C(C#N)=C/c2c(C)nn(Cc3ccc(Cl)cc3)c2Cl)c1. The molecule has 0 fully saturated rings. The number of hydrogen-bond acceptors (Lipinski definition) is 4. The summed E-state index contributed by atoms with van der Waals surface area (Å²) >= 11 is 12.4. The molecule has 0 saturated heterocycles. The molecule has 7 heteroatoms. The van der Waals surface area contributed by atoms with Crippen LogP contribution in [0.1, 0.15) is 27.2 Å². The fourth-order valence-corrected chi connectivity index (χ4v) is 3.23. The molecule has 0 atom stereocenters. The van der Waals surface area contributed by atoms with Gasteiger partial charge in [-0.15, -0.1) is 0 Å². The molecular weight excluding hydrogens is 409 g/mol. The Bertz CT molecular complexity index is 1130. The van der Waals surface area contributed by atoms with Crippen LogP contribution < -0.4 is 4.74 Å². The Morgan fingerprint density at radius 3 is 2.62 bits per heavy atom. The molecule has 146 valence electrons. The molecule has 1 aromatic heterocycles. The number of aryl methyl sites for hydroxylation is 1. The Morgan fingerprint density at radius 1 is 1.24 bits per heavy atom. The first-order chi connectivity index (χ1) is 13.9. The molecule has 0 bridgehead atoms. The highest BCUT2D eigenvalue weighted by Crippen LogP contribution is 2.25. The molecule has 29 heavy (non-hydrogen) atoms. The highest BCUT2D eigenvalue weighted by Gasteiger charge is 2.17. The number of Topliss-reactive ketones (excluding diaryl/α,β-unsaturated/α-hetero) is 1. The third-order valence-corrected chi connectivity index (χ3v) is 4.99. The molecule has 0 aliphatic heterocycles. The first kappa shape index (κ1) is 20.7. The average Bonchev–Trinajstić information content (AvgIpc) is 3.00. The molecule has 0 amide bonds. The summed E-state index contributed by atoms with van der Waals surface area (Å²) < 4.78 is 6.77. The number of rotatable bonds is 6. The highest BCUT2D eigenvalue weighted by atomic mass is 35.5. The van der Waals surface area contributed by atoms with Gasteiger partial charge in [-0.1, -0.05) is 47.5 Å². The average molecular weight is 426 g/mol. The number of nitrogens with zero attached hydrogens (tertiary/aromatic N) is 3. The molecule has 0 aliphatic carbocycles. The second-order valence-corrected chi connectivity index (χ2v) is 7.10. The van der Waals surface area contributed by atoms with E-state index in [0.717, 1.165) is 5.56 Å². The number of ether oxygens (including phenoxy) is 1. The van der Waals surface area contributed by atoms with E-state index in [1.807, 2.05) is 18.2 Å². The van der Waals surface area contributed by atoms with Gasteiger partial charge in [0.1, 0.15) is 22.5 Å². The van der Waals surface area contributed by atoms with E-state index in [1.54, 1.807) is 48.0 Å². The maximum absolute atomic E-state index is 12.8. The van der Waals surface area contributed by atoms with Gasteiger partial charge in [-0.05, 0) is 42.8 Å². The molecule has 1 heterocycles. The molecule has 5 nitrogen and oxygen atoms in total. The number of allylic oxidation sites excluding steroid dienone is 1. The van der Waals surface area contributed by atoms with E-state index in [2.05, 4.69) is 5.10 Å².